The normalized spacial score (nSPS) is 45.2. The third kappa shape index (κ3) is 3.75. The first-order valence-corrected chi connectivity index (χ1v) is 12.4. The molecule has 1 aromatic heterocycles. The van der Waals surface area contributed by atoms with Crippen LogP contribution in [0.1, 0.15) is 77.2 Å². The minimum Gasteiger partial charge on any atom is -0.390 e. The highest BCUT2D eigenvalue weighted by Crippen LogP contribution is 2.66. The van der Waals surface area contributed by atoms with E-state index in [0.717, 1.165) is 49.2 Å². The SMILES string of the molecule is C[C@@]1(O)CC[C@@]2(F)[C@H](CC[C@H]3[C@@H]4CC[C@H](C(=O)Cn5cc(C(F)(F)F)cn5)[C@@]4(C)CC[C@@H]32)C1. The van der Waals surface area contributed by atoms with Gasteiger partial charge in [0.2, 0.25) is 0 Å². The molecule has 4 nitrogen and oxygen atoms in total. The highest BCUT2D eigenvalue weighted by molar-refractivity contribution is 5.82. The Morgan fingerprint density at radius 1 is 1.12 bits per heavy atom. The highest BCUT2D eigenvalue weighted by atomic mass is 19.4. The van der Waals surface area contributed by atoms with Gasteiger partial charge in [-0.25, -0.2) is 4.39 Å². The van der Waals surface area contributed by atoms with Gasteiger partial charge in [-0.2, -0.15) is 18.3 Å². The van der Waals surface area contributed by atoms with Gasteiger partial charge in [-0.05, 0) is 93.8 Å². The van der Waals surface area contributed by atoms with Crippen LogP contribution in [-0.4, -0.2) is 31.9 Å². The van der Waals surface area contributed by atoms with Crippen LogP contribution in [0, 0.1) is 35.0 Å². The van der Waals surface area contributed by atoms with Crippen LogP contribution in [0.5, 0.6) is 0 Å². The Morgan fingerprint density at radius 3 is 2.58 bits per heavy atom. The summed E-state index contributed by atoms with van der Waals surface area (Å²) >= 11 is 0. The summed E-state index contributed by atoms with van der Waals surface area (Å²) in [5.41, 5.74) is -3.08. The summed E-state index contributed by atoms with van der Waals surface area (Å²) in [6, 6.07) is 0. The molecule has 4 fully saturated rings. The van der Waals surface area contributed by atoms with Gasteiger partial charge >= 0.3 is 6.18 Å². The standard InChI is InChI=1S/C25H34F4N2O2/c1-22(33)9-10-24(26)15(11-22)3-4-17-18-5-6-20(23(18,2)8-7-19(17)24)21(32)14-31-13-16(12-30-31)25(27,28)29/h12-13,15,17-20,33H,3-11,14H2,1-2H3/t15-,17+,18+,19+,20-,22-,23+,24-/m1/s1. The van der Waals surface area contributed by atoms with Crippen molar-refractivity contribution < 1.29 is 27.5 Å². The number of ketones is 1. The Hall–Kier alpha value is -1.44. The van der Waals surface area contributed by atoms with Crippen molar-refractivity contribution in [3.05, 3.63) is 18.0 Å². The summed E-state index contributed by atoms with van der Waals surface area (Å²) in [6.45, 7) is 3.82. The van der Waals surface area contributed by atoms with Gasteiger partial charge in [0.25, 0.3) is 0 Å². The summed E-state index contributed by atoms with van der Waals surface area (Å²) in [5.74, 6) is 0.125. The van der Waals surface area contributed by atoms with Crippen molar-refractivity contribution in [2.24, 2.45) is 35.0 Å². The first-order chi connectivity index (χ1) is 15.3. The van der Waals surface area contributed by atoms with E-state index in [4.69, 9.17) is 0 Å². The van der Waals surface area contributed by atoms with Crippen molar-refractivity contribution in [3.8, 4) is 0 Å². The van der Waals surface area contributed by atoms with E-state index < -0.39 is 23.0 Å². The van der Waals surface area contributed by atoms with Gasteiger partial charge < -0.3 is 5.11 Å². The molecule has 8 atom stereocenters. The molecule has 0 bridgehead atoms. The Balaban J connectivity index is 1.31. The molecular weight excluding hydrogens is 436 g/mol. The van der Waals surface area contributed by atoms with Gasteiger partial charge in [0.05, 0.1) is 23.9 Å². The fourth-order valence-corrected chi connectivity index (χ4v) is 8.37. The quantitative estimate of drug-likeness (QED) is 0.587. The molecule has 0 aromatic carbocycles. The summed E-state index contributed by atoms with van der Waals surface area (Å²) in [6.07, 6.45) is 3.46. The molecule has 0 amide bonds. The topological polar surface area (TPSA) is 55.1 Å². The number of halogens is 4. The third-order valence-electron chi connectivity index (χ3n) is 9.98. The number of aliphatic hydroxyl groups is 1. The molecule has 5 rings (SSSR count). The molecule has 4 aliphatic carbocycles. The smallest absolute Gasteiger partial charge is 0.390 e. The fourth-order valence-electron chi connectivity index (χ4n) is 8.37. The van der Waals surface area contributed by atoms with Crippen LogP contribution in [0.2, 0.25) is 0 Å². The number of Topliss-reactive ketones (excluding diaryl/α,β-unsaturated/α-hetero) is 1. The van der Waals surface area contributed by atoms with Crippen molar-refractivity contribution in [2.45, 2.75) is 95.6 Å². The van der Waals surface area contributed by atoms with Crippen LogP contribution >= 0.6 is 0 Å². The second-order valence-corrected chi connectivity index (χ2v) is 11.8. The predicted molar refractivity (Wildman–Crippen MR) is 114 cm³/mol. The largest absolute Gasteiger partial charge is 0.419 e. The van der Waals surface area contributed by atoms with Crippen LogP contribution in [0.4, 0.5) is 17.6 Å². The summed E-state index contributed by atoms with van der Waals surface area (Å²) in [5, 5.41) is 14.3. The van der Waals surface area contributed by atoms with Gasteiger partial charge in [0.15, 0.2) is 5.78 Å². The minimum absolute atomic E-state index is 0.0141. The average Bonchev–Trinajstić information content (AvgIpc) is 3.32. The summed E-state index contributed by atoms with van der Waals surface area (Å²) in [4.78, 5) is 13.2. The van der Waals surface area contributed by atoms with Gasteiger partial charge in [-0.3, -0.25) is 9.48 Å². The zero-order valence-electron chi connectivity index (χ0n) is 19.4. The number of carbonyl (C=O) groups is 1. The van der Waals surface area contributed by atoms with E-state index in [9.17, 15) is 23.1 Å². The van der Waals surface area contributed by atoms with E-state index >= 15 is 4.39 Å². The lowest BCUT2D eigenvalue weighted by Crippen LogP contribution is -2.58. The van der Waals surface area contributed by atoms with Crippen LogP contribution in [0.3, 0.4) is 0 Å². The number of fused-ring (bicyclic) bond motifs is 5. The van der Waals surface area contributed by atoms with Gasteiger partial charge in [-0.15, -0.1) is 0 Å². The van der Waals surface area contributed by atoms with Gasteiger partial charge in [-0.1, -0.05) is 6.92 Å². The molecule has 4 saturated carbocycles. The molecule has 0 radical (unpaired) electrons. The number of hydrogen-bond acceptors (Lipinski definition) is 3. The van der Waals surface area contributed by atoms with E-state index in [1.165, 1.54) is 0 Å². The lowest BCUT2D eigenvalue weighted by atomic mass is 9.48. The predicted octanol–water partition coefficient (Wildman–Crippen LogP) is 5.58. The zero-order valence-corrected chi connectivity index (χ0v) is 19.4. The van der Waals surface area contributed by atoms with Crippen LogP contribution < -0.4 is 0 Å². The molecule has 1 heterocycles. The van der Waals surface area contributed by atoms with E-state index in [-0.39, 0.29) is 47.3 Å². The first-order valence-electron chi connectivity index (χ1n) is 12.4. The van der Waals surface area contributed by atoms with Crippen molar-refractivity contribution in [2.75, 3.05) is 0 Å². The Labute approximate surface area is 192 Å². The number of aromatic nitrogens is 2. The van der Waals surface area contributed by atoms with E-state index in [1.807, 2.05) is 6.92 Å². The molecule has 4 aliphatic rings. The second kappa shape index (κ2) is 7.53. The highest BCUT2D eigenvalue weighted by Gasteiger charge is 2.63. The molecule has 184 valence electrons. The van der Waals surface area contributed by atoms with Gasteiger partial charge in [0, 0.05) is 12.1 Å². The zero-order chi connectivity index (χ0) is 23.8. The lowest BCUT2D eigenvalue weighted by Gasteiger charge is -2.59. The van der Waals surface area contributed by atoms with Crippen LogP contribution in [0.15, 0.2) is 12.4 Å². The molecule has 0 spiro atoms. The van der Waals surface area contributed by atoms with Crippen molar-refractivity contribution >= 4 is 5.78 Å². The number of rotatable bonds is 3. The summed E-state index contributed by atoms with van der Waals surface area (Å²) < 4.78 is 56.2. The van der Waals surface area contributed by atoms with Crippen molar-refractivity contribution in [1.29, 1.82) is 0 Å². The molecule has 0 unspecified atom stereocenters. The number of alkyl halides is 4. The third-order valence-corrected chi connectivity index (χ3v) is 9.98. The van der Waals surface area contributed by atoms with Crippen molar-refractivity contribution in [1.82, 2.24) is 9.78 Å². The number of nitrogens with zero attached hydrogens (tertiary/aromatic N) is 2. The Bertz CT molecular complexity index is 928. The average molecular weight is 471 g/mol. The van der Waals surface area contributed by atoms with E-state index in [0.29, 0.717) is 25.7 Å². The molecule has 1 N–H and O–H groups in total. The van der Waals surface area contributed by atoms with Crippen LogP contribution in [-0.2, 0) is 17.5 Å². The first kappa shape index (κ1) is 23.3. The molecule has 0 saturated heterocycles. The molecule has 8 heteroatoms. The Morgan fingerprint density at radius 2 is 1.88 bits per heavy atom. The number of carbonyl (C=O) groups excluding carboxylic acids is 1. The Kier molecular flexibility index (Phi) is 5.32. The molecular formula is C25H34F4N2O2. The van der Waals surface area contributed by atoms with E-state index in [1.54, 1.807) is 0 Å². The van der Waals surface area contributed by atoms with Gasteiger partial charge in [0.1, 0.15) is 5.67 Å². The van der Waals surface area contributed by atoms with Crippen LogP contribution in [0.25, 0.3) is 0 Å². The number of hydrogen-bond donors (Lipinski definition) is 1. The maximum Gasteiger partial charge on any atom is 0.419 e. The molecule has 1 aromatic rings. The second-order valence-electron chi connectivity index (χ2n) is 11.8. The minimum atomic E-state index is -4.47. The maximum atomic E-state index is 16.4. The summed E-state index contributed by atoms with van der Waals surface area (Å²) in [7, 11) is 0. The monoisotopic (exact) mass is 470 g/mol. The lowest BCUT2D eigenvalue weighted by molar-refractivity contribution is -0.166. The van der Waals surface area contributed by atoms with E-state index in [2.05, 4.69) is 12.0 Å². The fraction of sp³-hybridized carbons (Fsp3) is 0.840. The molecule has 33 heavy (non-hydrogen) atoms. The van der Waals surface area contributed by atoms with Crippen molar-refractivity contribution in [3.63, 3.8) is 0 Å². The maximum absolute atomic E-state index is 16.4. The molecule has 0 aliphatic heterocycles.